The van der Waals surface area contributed by atoms with Gasteiger partial charge in [0.15, 0.2) is 5.96 Å². The van der Waals surface area contributed by atoms with Crippen molar-refractivity contribution < 1.29 is 4.39 Å². The number of guanidine groups is 1. The maximum Gasteiger partial charge on any atom is 0.191 e. The summed E-state index contributed by atoms with van der Waals surface area (Å²) in [5, 5.41) is 8.46. The number of nitrogens with one attached hydrogen (secondary N) is 2. The van der Waals surface area contributed by atoms with Crippen molar-refractivity contribution in [2.24, 2.45) is 4.99 Å². The van der Waals surface area contributed by atoms with Gasteiger partial charge in [-0.15, -0.1) is 11.3 Å². The van der Waals surface area contributed by atoms with Crippen LogP contribution in [0.3, 0.4) is 0 Å². The maximum atomic E-state index is 13.8. The largest absolute Gasteiger partial charge is 0.352 e. The molecule has 2 aromatic rings. The van der Waals surface area contributed by atoms with Gasteiger partial charge in [-0.05, 0) is 30.5 Å². The predicted octanol–water partition coefficient (Wildman–Crippen LogP) is 4.08. The van der Waals surface area contributed by atoms with Crippen LogP contribution in [0.25, 0.3) is 0 Å². The van der Waals surface area contributed by atoms with Gasteiger partial charge in [0.25, 0.3) is 0 Å². The average Bonchev–Trinajstić information content (AvgIpc) is 2.99. The van der Waals surface area contributed by atoms with E-state index in [1.807, 2.05) is 17.5 Å². The fraction of sp³-hybridized carbons (Fsp3) is 0.267. The summed E-state index contributed by atoms with van der Waals surface area (Å²) in [5.41, 5.74) is 0.602. The van der Waals surface area contributed by atoms with Crippen LogP contribution in [0, 0.1) is 5.82 Å². The third-order valence-corrected chi connectivity index (χ3v) is 4.56. The first-order valence-corrected chi connectivity index (χ1v) is 8.22. The Morgan fingerprint density at radius 2 is 2.24 bits per heavy atom. The Labute approximate surface area is 136 Å². The molecular formula is C15H17BrFN3S. The second-order valence-corrected chi connectivity index (χ2v) is 6.44. The molecule has 1 unspecified atom stereocenters. The topological polar surface area (TPSA) is 36.4 Å². The van der Waals surface area contributed by atoms with Gasteiger partial charge in [0, 0.05) is 28.5 Å². The predicted molar refractivity (Wildman–Crippen MR) is 90.2 cm³/mol. The van der Waals surface area contributed by atoms with Crippen LogP contribution in [0.1, 0.15) is 23.4 Å². The zero-order valence-corrected chi connectivity index (χ0v) is 14.3. The smallest absolute Gasteiger partial charge is 0.191 e. The van der Waals surface area contributed by atoms with E-state index in [-0.39, 0.29) is 11.9 Å². The molecule has 0 fully saturated rings. The van der Waals surface area contributed by atoms with Crippen LogP contribution < -0.4 is 10.6 Å². The molecule has 1 atom stereocenters. The number of benzene rings is 1. The minimum atomic E-state index is -0.237. The summed E-state index contributed by atoms with van der Waals surface area (Å²) in [4.78, 5) is 5.40. The molecular weight excluding hydrogens is 353 g/mol. The molecule has 0 saturated carbocycles. The number of hydrogen-bond acceptors (Lipinski definition) is 2. The summed E-state index contributed by atoms with van der Waals surface area (Å²) < 4.78 is 14.5. The summed E-state index contributed by atoms with van der Waals surface area (Å²) in [6.07, 6.45) is 0. The molecule has 0 radical (unpaired) electrons. The van der Waals surface area contributed by atoms with Gasteiger partial charge in [0.05, 0.1) is 6.04 Å². The number of nitrogens with zero attached hydrogens (tertiary/aromatic N) is 1. The van der Waals surface area contributed by atoms with Gasteiger partial charge >= 0.3 is 0 Å². The molecule has 0 aliphatic heterocycles. The monoisotopic (exact) mass is 369 g/mol. The van der Waals surface area contributed by atoms with Gasteiger partial charge < -0.3 is 10.6 Å². The summed E-state index contributed by atoms with van der Waals surface area (Å²) in [6, 6.07) is 9.29. The highest BCUT2D eigenvalue weighted by molar-refractivity contribution is 9.10. The van der Waals surface area contributed by atoms with Crippen LogP contribution in [0.4, 0.5) is 4.39 Å². The van der Waals surface area contributed by atoms with Crippen LogP contribution in [-0.4, -0.2) is 13.0 Å². The normalized spacial score (nSPS) is 13.0. The fourth-order valence-corrected chi connectivity index (χ4v) is 2.92. The van der Waals surface area contributed by atoms with E-state index < -0.39 is 0 Å². The Bertz CT molecular complexity index is 613. The molecule has 0 spiro atoms. The first-order chi connectivity index (χ1) is 10.1. The third kappa shape index (κ3) is 4.54. The average molecular weight is 370 g/mol. The van der Waals surface area contributed by atoms with E-state index in [1.54, 1.807) is 24.5 Å². The molecule has 112 valence electrons. The Balaban J connectivity index is 1.94. The van der Waals surface area contributed by atoms with E-state index in [0.29, 0.717) is 18.1 Å². The van der Waals surface area contributed by atoms with Crippen LogP contribution in [0.5, 0.6) is 0 Å². The minimum absolute atomic E-state index is 0.158. The van der Waals surface area contributed by atoms with Crippen molar-refractivity contribution in [3.63, 3.8) is 0 Å². The van der Waals surface area contributed by atoms with Crippen molar-refractivity contribution in [2.45, 2.75) is 19.5 Å². The van der Waals surface area contributed by atoms with Crippen molar-refractivity contribution in [1.82, 2.24) is 10.6 Å². The SMILES string of the molecule is CN=C(NCc1ccc(Br)cc1F)NC(C)c1cccs1. The highest BCUT2D eigenvalue weighted by Gasteiger charge is 2.09. The number of halogens is 2. The Kier molecular flexibility index (Phi) is 5.76. The van der Waals surface area contributed by atoms with Gasteiger partial charge in [-0.25, -0.2) is 4.39 Å². The molecule has 21 heavy (non-hydrogen) atoms. The van der Waals surface area contributed by atoms with Crippen LogP contribution in [0.2, 0.25) is 0 Å². The number of thiophene rings is 1. The van der Waals surface area contributed by atoms with E-state index >= 15 is 0 Å². The van der Waals surface area contributed by atoms with E-state index in [9.17, 15) is 4.39 Å². The first-order valence-electron chi connectivity index (χ1n) is 6.54. The number of hydrogen-bond donors (Lipinski definition) is 2. The molecule has 1 heterocycles. The second-order valence-electron chi connectivity index (χ2n) is 4.54. The zero-order valence-electron chi connectivity index (χ0n) is 11.9. The summed E-state index contributed by atoms with van der Waals surface area (Å²) in [6.45, 7) is 2.45. The molecule has 0 amide bonds. The van der Waals surface area contributed by atoms with Gasteiger partial charge in [0.1, 0.15) is 5.82 Å². The number of rotatable bonds is 4. The summed E-state index contributed by atoms with van der Waals surface area (Å²) in [7, 11) is 1.70. The van der Waals surface area contributed by atoms with Crippen LogP contribution in [0.15, 0.2) is 45.2 Å². The molecule has 0 aliphatic carbocycles. The van der Waals surface area contributed by atoms with E-state index in [0.717, 1.165) is 4.47 Å². The molecule has 3 nitrogen and oxygen atoms in total. The number of aliphatic imine (C=N–C) groups is 1. The first kappa shape index (κ1) is 16.0. The van der Waals surface area contributed by atoms with Crippen LogP contribution >= 0.6 is 27.3 Å². The van der Waals surface area contributed by atoms with E-state index in [1.165, 1.54) is 10.9 Å². The van der Waals surface area contributed by atoms with Gasteiger partial charge in [0.2, 0.25) is 0 Å². The standard InChI is InChI=1S/C15H17BrFN3S/c1-10(14-4-3-7-21-14)20-15(18-2)19-9-11-5-6-12(16)8-13(11)17/h3-8,10H,9H2,1-2H3,(H2,18,19,20). The molecule has 0 saturated heterocycles. The van der Waals surface area contributed by atoms with Gasteiger partial charge in [-0.2, -0.15) is 0 Å². The van der Waals surface area contributed by atoms with E-state index in [4.69, 9.17) is 0 Å². The summed E-state index contributed by atoms with van der Waals surface area (Å²) >= 11 is 4.94. The van der Waals surface area contributed by atoms with Crippen molar-refractivity contribution in [3.8, 4) is 0 Å². The van der Waals surface area contributed by atoms with Gasteiger partial charge in [-0.3, -0.25) is 4.99 Å². The molecule has 0 aliphatic rings. The lowest BCUT2D eigenvalue weighted by Crippen LogP contribution is -2.38. The van der Waals surface area contributed by atoms with E-state index in [2.05, 4.69) is 44.5 Å². The maximum absolute atomic E-state index is 13.8. The highest BCUT2D eigenvalue weighted by Crippen LogP contribution is 2.18. The summed E-state index contributed by atoms with van der Waals surface area (Å²) in [5.74, 6) is 0.414. The lowest BCUT2D eigenvalue weighted by atomic mass is 10.2. The van der Waals surface area contributed by atoms with Gasteiger partial charge in [-0.1, -0.05) is 28.1 Å². The fourth-order valence-electron chi connectivity index (χ4n) is 1.85. The van der Waals surface area contributed by atoms with Crippen molar-refractivity contribution in [2.75, 3.05) is 7.05 Å². The lowest BCUT2D eigenvalue weighted by molar-refractivity contribution is 0.602. The Hall–Kier alpha value is -1.40. The molecule has 1 aromatic heterocycles. The molecule has 1 aromatic carbocycles. The third-order valence-electron chi connectivity index (χ3n) is 3.01. The molecule has 6 heteroatoms. The molecule has 2 N–H and O–H groups in total. The highest BCUT2D eigenvalue weighted by atomic mass is 79.9. The second kappa shape index (κ2) is 7.56. The zero-order chi connectivity index (χ0) is 15.2. The Morgan fingerprint density at radius 1 is 1.43 bits per heavy atom. The van der Waals surface area contributed by atoms with Crippen LogP contribution in [-0.2, 0) is 6.54 Å². The Morgan fingerprint density at radius 3 is 2.86 bits per heavy atom. The van der Waals surface area contributed by atoms with Crippen molar-refractivity contribution >= 4 is 33.2 Å². The van der Waals surface area contributed by atoms with Crippen molar-refractivity contribution in [1.29, 1.82) is 0 Å². The molecule has 2 rings (SSSR count). The van der Waals surface area contributed by atoms with Crippen molar-refractivity contribution in [3.05, 3.63) is 56.4 Å². The molecule has 0 bridgehead atoms. The minimum Gasteiger partial charge on any atom is -0.352 e. The quantitative estimate of drug-likeness (QED) is 0.629. The lowest BCUT2D eigenvalue weighted by Gasteiger charge is -2.17.